The molecule has 0 radical (unpaired) electrons. The van der Waals surface area contributed by atoms with Crippen molar-refractivity contribution in [3.05, 3.63) is 88.6 Å². The molecule has 0 aliphatic carbocycles. The van der Waals surface area contributed by atoms with Crippen LogP contribution in [0.5, 0.6) is 17.2 Å². The van der Waals surface area contributed by atoms with E-state index in [1.807, 2.05) is 49.4 Å². The quantitative estimate of drug-likeness (QED) is 0.241. The summed E-state index contributed by atoms with van der Waals surface area (Å²) in [6.07, 6.45) is 1.52. The SMILES string of the molecule is CCOc1cc(/C=N\NC(=O)c2cc3cccc(OC)c3o2)ccc1OCc1ccc(Cl)cc1. The number of hydrogen-bond donors (Lipinski definition) is 1. The number of benzene rings is 3. The number of para-hydroxylation sites is 1. The molecule has 0 saturated carbocycles. The lowest BCUT2D eigenvalue weighted by Gasteiger charge is -2.12. The van der Waals surface area contributed by atoms with Gasteiger partial charge >= 0.3 is 5.91 Å². The molecular weight excluding hydrogens is 456 g/mol. The molecule has 0 unspecified atom stereocenters. The van der Waals surface area contributed by atoms with Gasteiger partial charge in [-0.2, -0.15) is 5.10 Å². The van der Waals surface area contributed by atoms with Gasteiger partial charge in [0.15, 0.2) is 28.6 Å². The molecule has 1 aromatic heterocycles. The third kappa shape index (κ3) is 5.50. The molecular formula is C26H23ClN2O5. The van der Waals surface area contributed by atoms with Gasteiger partial charge in [-0.05, 0) is 60.5 Å². The average Bonchev–Trinajstić information content (AvgIpc) is 3.29. The second kappa shape index (κ2) is 10.8. The lowest BCUT2D eigenvalue weighted by atomic mass is 10.2. The van der Waals surface area contributed by atoms with Crippen LogP contribution in [0.15, 0.2) is 76.2 Å². The minimum atomic E-state index is -0.470. The van der Waals surface area contributed by atoms with E-state index in [0.29, 0.717) is 41.1 Å². The molecule has 8 heteroatoms. The Morgan fingerprint density at radius 2 is 1.85 bits per heavy atom. The van der Waals surface area contributed by atoms with E-state index in [0.717, 1.165) is 16.5 Å². The van der Waals surface area contributed by atoms with Crippen molar-refractivity contribution in [3.8, 4) is 17.2 Å². The first-order valence-electron chi connectivity index (χ1n) is 10.6. The third-order valence-electron chi connectivity index (χ3n) is 4.91. The van der Waals surface area contributed by atoms with Crippen LogP contribution in [0, 0.1) is 0 Å². The molecule has 4 aromatic rings. The Kier molecular flexibility index (Phi) is 7.34. The van der Waals surface area contributed by atoms with E-state index in [1.54, 1.807) is 31.4 Å². The molecule has 1 heterocycles. The van der Waals surface area contributed by atoms with Crippen LogP contribution in [-0.2, 0) is 6.61 Å². The van der Waals surface area contributed by atoms with Gasteiger partial charge < -0.3 is 18.6 Å². The van der Waals surface area contributed by atoms with Crippen LogP contribution in [0.2, 0.25) is 5.02 Å². The zero-order valence-electron chi connectivity index (χ0n) is 18.7. The molecule has 3 aromatic carbocycles. The van der Waals surface area contributed by atoms with Gasteiger partial charge in [-0.15, -0.1) is 0 Å². The van der Waals surface area contributed by atoms with Crippen molar-refractivity contribution in [2.24, 2.45) is 5.10 Å². The largest absolute Gasteiger partial charge is 0.493 e. The number of methoxy groups -OCH3 is 1. The zero-order valence-corrected chi connectivity index (χ0v) is 19.5. The first-order chi connectivity index (χ1) is 16.6. The van der Waals surface area contributed by atoms with Crippen molar-refractivity contribution in [1.29, 1.82) is 0 Å². The molecule has 0 fully saturated rings. The first-order valence-corrected chi connectivity index (χ1v) is 11.0. The monoisotopic (exact) mass is 478 g/mol. The highest BCUT2D eigenvalue weighted by Crippen LogP contribution is 2.30. The predicted octanol–water partition coefficient (Wildman–Crippen LogP) is 5.84. The number of ether oxygens (including phenoxy) is 3. The number of halogens is 1. The highest BCUT2D eigenvalue weighted by Gasteiger charge is 2.14. The number of rotatable bonds is 9. The summed E-state index contributed by atoms with van der Waals surface area (Å²) in [6, 6.07) is 19.9. The van der Waals surface area contributed by atoms with Crippen LogP contribution in [-0.4, -0.2) is 25.8 Å². The molecule has 174 valence electrons. The predicted molar refractivity (Wildman–Crippen MR) is 131 cm³/mol. The van der Waals surface area contributed by atoms with E-state index in [-0.39, 0.29) is 5.76 Å². The Balaban J connectivity index is 1.42. The molecule has 34 heavy (non-hydrogen) atoms. The number of carbonyl (C=O) groups is 1. The van der Waals surface area contributed by atoms with Crippen molar-refractivity contribution >= 4 is 34.7 Å². The van der Waals surface area contributed by atoms with Gasteiger partial charge in [-0.25, -0.2) is 5.43 Å². The van der Waals surface area contributed by atoms with Crippen LogP contribution >= 0.6 is 11.6 Å². The van der Waals surface area contributed by atoms with Crippen molar-refractivity contribution in [1.82, 2.24) is 5.43 Å². The Morgan fingerprint density at radius 3 is 2.62 bits per heavy atom. The van der Waals surface area contributed by atoms with Gasteiger partial charge in [0.25, 0.3) is 0 Å². The van der Waals surface area contributed by atoms with E-state index in [2.05, 4.69) is 10.5 Å². The maximum atomic E-state index is 12.5. The number of nitrogens with one attached hydrogen (secondary N) is 1. The molecule has 1 amide bonds. The maximum absolute atomic E-state index is 12.5. The van der Waals surface area contributed by atoms with Gasteiger partial charge in [0, 0.05) is 10.4 Å². The van der Waals surface area contributed by atoms with Crippen LogP contribution in [0.4, 0.5) is 0 Å². The van der Waals surface area contributed by atoms with E-state index >= 15 is 0 Å². The van der Waals surface area contributed by atoms with Gasteiger partial charge in [-0.3, -0.25) is 4.79 Å². The summed E-state index contributed by atoms with van der Waals surface area (Å²) in [5, 5.41) is 5.48. The van der Waals surface area contributed by atoms with Crippen molar-refractivity contribution in [2.75, 3.05) is 13.7 Å². The summed E-state index contributed by atoms with van der Waals surface area (Å²) >= 11 is 5.93. The summed E-state index contributed by atoms with van der Waals surface area (Å²) in [6.45, 7) is 2.75. The summed E-state index contributed by atoms with van der Waals surface area (Å²) in [5.41, 5.74) is 4.70. The average molecular weight is 479 g/mol. The minimum absolute atomic E-state index is 0.137. The number of fused-ring (bicyclic) bond motifs is 1. The van der Waals surface area contributed by atoms with Crippen LogP contribution in [0.3, 0.4) is 0 Å². The second-order valence-electron chi connectivity index (χ2n) is 7.24. The van der Waals surface area contributed by atoms with Gasteiger partial charge in [0.2, 0.25) is 0 Å². The van der Waals surface area contributed by atoms with E-state index in [9.17, 15) is 4.79 Å². The topological polar surface area (TPSA) is 82.3 Å². The van der Waals surface area contributed by atoms with Gasteiger partial charge in [0.1, 0.15) is 6.61 Å². The van der Waals surface area contributed by atoms with Crippen LogP contribution < -0.4 is 19.6 Å². The molecule has 0 bridgehead atoms. The molecule has 0 aliphatic rings. The normalized spacial score (nSPS) is 11.0. The van der Waals surface area contributed by atoms with Gasteiger partial charge in [0.05, 0.1) is 19.9 Å². The third-order valence-corrected chi connectivity index (χ3v) is 5.16. The molecule has 0 spiro atoms. The Hall–Kier alpha value is -3.97. The molecule has 1 N–H and O–H groups in total. The van der Waals surface area contributed by atoms with E-state index in [4.69, 9.17) is 30.2 Å². The lowest BCUT2D eigenvalue weighted by Crippen LogP contribution is -2.16. The first kappa shape index (κ1) is 23.2. The molecule has 0 atom stereocenters. The fourth-order valence-electron chi connectivity index (χ4n) is 3.26. The lowest BCUT2D eigenvalue weighted by molar-refractivity contribution is 0.0929. The van der Waals surface area contributed by atoms with Crippen molar-refractivity contribution in [2.45, 2.75) is 13.5 Å². The molecule has 4 rings (SSSR count). The number of furan rings is 1. The summed E-state index contributed by atoms with van der Waals surface area (Å²) in [4.78, 5) is 12.5. The fraction of sp³-hybridized carbons (Fsp3) is 0.154. The fourth-order valence-corrected chi connectivity index (χ4v) is 3.39. The molecule has 7 nitrogen and oxygen atoms in total. The zero-order chi connectivity index (χ0) is 23.9. The second-order valence-corrected chi connectivity index (χ2v) is 7.68. The van der Waals surface area contributed by atoms with E-state index < -0.39 is 5.91 Å². The standard InChI is InChI=1S/C26H23ClN2O5/c1-3-32-23-13-18(9-12-21(23)33-16-17-7-10-20(27)11-8-17)15-28-29-26(30)24-14-19-5-4-6-22(31-2)25(19)34-24/h4-15H,3,16H2,1-2H3,(H,29,30)/b28-15-. The number of hydrazone groups is 1. The molecule has 0 saturated heterocycles. The Morgan fingerprint density at radius 1 is 1.03 bits per heavy atom. The smallest absolute Gasteiger partial charge is 0.307 e. The van der Waals surface area contributed by atoms with Gasteiger partial charge in [-0.1, -0.05) is 35.9 Å². The Labute approximate surface area is 201 Å². The Bertz CT molecular complexity index is 1310. The minimum Gasteiger partial charge on any atom is -0.493 e. The number of hydrogen-bond acceptors (Lipinski definition) is 6. The van der Waals surface area contributed by atoms with E-state index in [1.165, 1.54) is 6.21 Å². The van der Waals surface area contributed by atoms with Crippen molar-refractivity contribution < 1.29 is 23.4 Å². The number of amides is 1. The van der Waals surface area contributed by atoms with Crippen LogP contribution in [0.1, 0.15) is 28.6 Å². The van der Waals surface area contributed by atoms with Crippen LogP contribution in [0.25, 0.3) is 11.0 Å². The molecule has 0 aliphatic heterocycles. The summed E-state index contributed by atoms with van der Waals surface area (Å²) < 4.78 is 22.5. The van der Waals surface area contributed by atoms with Crippen molar-refractivity contribution in [3.63, 3.8) is 0 Å². The summed E-state index contributed by atoms with van der Waals surface area (Å²) in [5.74, 6) is 1.41. The number of carbonyl (C=O) groups excluding carboxylic acids is 1. The number of nitrogens with zero attached hydrogens (tertiary/aromatic N) is 1. The maximum Gasteiger partial charge on any atom is 0.307 e. The summed E-state index contributed by atoms with van der Waals surface area (Å²) in [7, 11) is 1.55. The highest BCUT2D eigenvalue weighted by molar-refractivity contribution is 6.30. The highest BCUT2D eigenvalue weighted by atomic mass is 35.5.